The largest absolute Gasteiger partial charge is 0.480 e. The molecule has 0 aliphatic carbocycles. The first-order valence-corrected chi connectivity index (χ1v) is 7.10. The average molecular weight is 330 g/mol. The molecular formula is C14H16ClNO6. The average Bonchev–Trinajstić information content (AvgIpc) is 2.84. The summed E-state index contributed by atoms with van der Waals surface area (Å²) in [7, 11) is 0. The molecule has 0 saturated carbocycles. The zero-order valence-corrected chi connectivity index (χ0v) is 12.2. The zero-order chi connectivity index (χ0) is 15.9. The fourth-order valence-electron chi connectivity index (χ4n) is 2.55. The van der Waals surface area contributed by atoms with Crippen molar-refractivity contribution < 1.29 is 29.9 Å². The van der Waals surface area contributed by atoms with Crippen LogP contribution in [0.2, 0.25) is 0 Å². The van der Waals surface area contributed by atoms with E-state index in [2.05, 4.69) is 0 Å². The highest BCUT2D eigenvalue weighted by atomic mass is 35.5. The van der Waals surface area contributed by atoms with E-state index in [-0.39, 0.29) is 0 Å². The van der Waals surface area contributed by atoms with Gasteiger partial charge in [0, 0.05) is 17.2 Å². The van der Waals surface area contributed by atoms with Gasteiger partial charge in [-0.2, -0.15) is 0 Å². The predicted molar refractivity (Wildman–Crippen MR) is 77.6 cm³/mol. The maximum atomic E-state index is 10.1. The second kappa shape index (κ2) is 6.04. The van der Waals surface area contributed by atoms with E-state index in [1.807, 2.05) is 6.07 Å². The minimum absolute atomic E-state index is 0.340. The Hall–Kier alpha value is -1.35. The van der Waals surface area contributed by atoms with Crippen molar-refractivity contribution in [1.29, 1.82) is 0 Å². The Bertz CT molecular complexity index is 662. The molecular weight excluding hydrogens is 314 g/mol. The van der Waals surface area contributed by atoms with E-state index in [0.717, 1.165) is 0 Å². The van der Waals surface area contributed by atoms with E-state index in [1.54, 1.807) is 18.2 Å². The summed E-state index contributed by atoms with van der Waals surface area (Å²) in [6, 6.07) is 7.18. The molecule has 0 bridgehead atoms. The summed E-state index contributed by atoms with van der Waals surface area (Å²) in [4.78, 5) is 0. The Morgan fingerprint density at radius 3 is 2.64 bits per heavy atom. The third-order valence-electron chi connectivity index (χ3n) is 3.74. The molecule has 0 amide bonds. The second-order valence-electron chi connectivity index (χ2n) is 5.13. The van der Waals surface area contributed by atoms with Gasteiger partial charge in [0.1, 0.15) is 24.1 Å². The molecule has 5 atom stereocenters. The van der Waals surface area contributed by atoms with Crippen LogP contribution in [0.5, 0.6) is 5.75 Å². The summed E-state index contributed by atoms with van der Waals surface area (Å²) in [6.07, 6.45) is -5.07. The molecule has 120 valence electrons. The molecule has 2 aromatic rings. The fraction of sp³-hybridized carbons (Fsp3) is 0.429. The molecule has 22 heavy (non-hydrogen) atoms. The lowest BCUT2D eigenvalue weighted by atomic mass is 9.99. The summed E-state index contributed by atoms with van der Waals surface area (Å²) < 4.78 is 12.0. The van der Waals surface area contributed by atoms with Crippen LogP contribution in [-0.4, -0.2) is 61.8 Å². The van der Waals surface area contributed by atoms with Gasteiger partial charge >= 0.3 is 0 Å². The number of rotatable bonds is 3. The maximum Gasteiger partial charge on any atom is 0.195 e. The number of fused-ring (bicyclic) bond motifs is 1. The third-order valence-corrected chi connectivity index (χ3v) is 4.02. The Morgan fingerprint density at radius 1 is 1.18 bits per heavy atom. The predicted octanol–water partition coefficient (Wildman–Crippen LogP) is -0.178. The monoisotopic (exact) mass is 329 g/mol. The number of hydrogen-bond acceptors (Lipinski definition) is 6. The number of aromatic nitrogens is 1. The maximum absolute atomic E-state index is 10.1. The number of nitrogens with zero attached hydrogens (tertiary/aromatic N) is 1. The van der Waals surface area contributed by atoms with Gasteiger partial charge < -0.3 is 29.9 Å². The summed E-state index contributed by atoms with van der Waals surface area (Å²) in [5, 5.41) is 39.6. The Kier molecular flexibility index (Phi) is 4.26. The van der Waals surface area contributed by atoms with Crippen LogP contribution >= 0.6 is 11.8 Å². The minimum atomic E-state index is -1.49. The van der Waals surface area contributed by atoms with Gasteiger partial charge in [-0.3, -0.25) is 4.09 Å². The molecule has 1 aliphatic rings. The highest BCUT2D eigenvalue weighted by molar-refractivity contribution is 6.19. The Balaban J connectivity index is 1.88. The number of halogens is 1. The lowest BCUT2D eigenvalue weighted by Gasteiger charge is -2.39. The third kappa shape index (κ3) is 2.56. The molecule has 1 aromatic heterocycles. The molecule has 4 N–H and O–H groups in total. The molecule has 2 heterocycles. The van der Waals surface area contributed by atoms with Crippen LogP contribution < -0.4 is 4.74 Å². The summed E-state index contributed by atoms with van der Waals surface area (Å²) >= 11 is 6.04. The highest BCUT2D eigenvalue weighted by Gasteiger charge is 2.45. The SMILES string of the molecule is OC[C@H]1O[C@@H](O)[C@H](Oc2cn(Cl)c3ccccc23)[C@@H](O)[C@H]1O. The first kappa shape index (κ1) is 15.5. The minimum Gasteiger partial charge on any atom is -0.480 e. The number of hydrogen-bond donors (Lipinski definition) is 4. The number of aliphatic hydroxyl groups excluding tert-OH is 4. The van der Waals surface area contributed by atoms with Crippen molar-refractivity contribution in [3.63, 3.8) is 0 Å². The van der Waals surface area contributed by atoms with Gasteiger partial charge in [0.15, 0.2) is 12.4 Å². The van der Waals surface area contributed by atoms with E-state index in [9.17, 15) is 15.3 Å². The topological polar surface area (TPSA) is 104 Å². The molecule has 0 spiro atoms. The van der Waals surface area contributed by atoms with Crippen LogP contribution in [0.15, 0.2) is 30.5 Å². The molecule has 0 unspecified atom stereocenters. The normalized spacial score (nSPS) is 32.3. The van der Waals surface area contributed by atoms with Gasteiger partial charge in [-0.25, -0.2) is 0 Å². The van der Waals surface area contributed by atoms with Gasteiger partial charge in [-0.05, 0) is 12.1 Å². The number of benzene rings is 1. The molecule has 3 rings (SSSR count). The van der Waals surface area contributed by atoms with Crippen LogP contribution in [0, 0.1) is 0 Å². The van der Waals surface area contributed by atoms with Gasteiger partial charge in [0.05, 0.1) is 18.3 Å². The van der Waals surface area contributed by atoms with Crippen molar-refractivity contribution in [2.45, 2.75) is 30.7 Å². The smallest absolute Gasteiger partial charge is 0.195 e. The van der Waals surface area contributed by atoms with Gasteiger partial charge in [0.2, 0.25) is 0 Å². The standard InChI is InChI=1S/C14H16ClNO6/c15-16-5-9(7-3-1-2-4-8(7)16)21-13-12(19)11(18)10(6-17)22-14(13)20/h1-5,10-14,17-20H,6H2/t10-,11+,12+,13-,14-/m1/s1. The van der Waals surface area contributed by atoms with Gasteiger partial charge in [-0.15, -0.1) is 0 Å². The van der Waals surface area contributed by atoms with Crippen LogP contribution in [-0.2, 0) is 4.74 Å². The summed E-state index contributed by atoms with van der Waals surface area (Å²) in [6.45, 7) is -0.525. The van der Waals surface area contributed by atoms with Crippen molar-refractivity contribution in [1.82, 2.24) is 4.09 Å². The van der Waals surface area contributed by atoms with Crippen molar-refractivity contribution in [2.75, 3.05) is 6.61 Å². The molecule has 1 aromatic carbocycles. The van der Waals surface area contributed by atoms with Crippen molar-refractivity contribution in [3.8, 4) is 5.75 Å². The number of aliphatic hydroxyl groups is 4. The first-order chi connectivity index (χ1) is 10.5. The second-order valence-corrected chi connectivity index (χ2v) is 5.50. The molecule has 0 radical (unpaired) electrons. The van der Waals surface area contributed by atoms with Crippen LogP contribution in [0.1, 0.15) is 0 Å². The number of ether oxygens (including phenoxy) is 2. The lowest BCUT2D eigenvalue weighted by Crippen LogP contribution is -2.60. The molecule has 8 heteroatoms. The van der Waals surface area contributed by atoms with E-state index in [1.165, 1.54) is 10.3 Å². The van der Waals surface area contributed by atoms with Crippen LogP contribution in [0.3, 0.4) is 0 Å². The fourth-order valence-corrected chi connectivity index (χ4v) is 2.79. The van der Waals surface area contributed by atoms with Gasteiger partial charge in [0.25, 0.3) is 0 Å². The molecule has 1 saturated heterocycles. The van der Waals surface area contributed by atoms with E-state index >= 15 is 0 Å². The zero-order valence-electron chi connectivity index (χ0n) is 11.4. The summed E-state index contributed by atoms with van der Waals surface area (Å²) in [5.41, 5.74) is 0.702. The number of para-hydroxylation sites is 1. The van der Waals surface area contributed by atoms with Crippen molar-refractivity contribution in [3.05, 3.63) is 30.5 Å². The van der Waals surface area contributed by atoms with Crippen molar-refractivity contribution in [2.24, 2.45) is 0 Å². The first-order valence-electron chi connectivity index (χ1n) is 6.76. The van der Waals surface area contributed by atoms with E-state index < -0.39 is 37.3 Å². The molecule has 7 nitrogen and oxygen atoms in total. The quantitative estimate of drug-likeness (QED) is 0.623. The van der Waals surface area contributed by atoms with E-state index in [0.29, 0.717) is 16.7 Å². The van der Waals surface area contributed by atoms with Crippen LogP contribution in [0.25, 0.3) is 10.9 Å². The van der Waals surface area contributed by atoms with Crippen LogP contribution in [0.4, 0.5) is 0 Å². The highest BCUT2D eigenvalue weighted by Crippen LogP contribution is 2.32. The Morgan fingerprint density at radius 2 is 1.91 bits per heavy atom. The molecule has 1 fully saturated rings. The lowest BCUT2D eigenvalue weighted by molar-refractivity contribution is -0.280. The Labute approximate surface area is 131 Å². The van der Waals surface area contributed by atoms with E-state index in [4.69, 9.17) is 26.4 Å². The molecule has 1 aliphatic heterocycles. The summed E-state index contributed by atoms with van der Waals surface area (Å²) in [5.74, 6) is 0.340. The van der Waals surface area contributed by atoms with Crippen molar-refractivity contribution >= 4 is 22.7 Å². The van der Waals surface area contributed by atoms with Gasteiger partial charge in [-0.1, -0.05) is 12.1 Å².